The molecule has 24 heavy (non-hydrogen) atoms. The third kappa shape index (κ3) is 6.47. The molecule has 0 N–H and O–H groups in total. The fourth-order valence-electron chi connectivity index (χ4n) is 1.80. The van der Waals surface area contributed by atoms with E-state index in [0.29, 0.717) is 5.56 Å². The van der Waals surface area contributed by atoms with E-state index < -0.39 is 23.9 Å². The van der Waals surface area contributed by atoms with E-state index in [2.05, 4.69) is 0 Å². The maximum absolute atomic E-state index is 11.2. The summed E-state index contributed by atoms with van der Waals surface area (Å²) >= 11 is 0. The van der Waals surface area contributed by atoms with Gasteiger partial charge in [-0.2, -0.15) is 0 Å². The number of rotatable bonds is 6. The molecule has 0 saturated carbocycles. The molecular weight excluding hydrogens is 320 g/mol. The van der Waals surface area contributed by atoms with Crippen LogP contribution in [0.25, 0.3) is 0 Å². The van der Waals surface area contributed by atoms with Crippen molar-refractivity contribution in [2.75, 3.05) is 6.61 Å². The smallest absolute Gasteiger partial charge is 0.308 e. The molecule has 1 aromatic rings. The first-order valence-electron chi connectivity index (χ1n) is 7.04. The summed E-state index contributed by atoms with van der Waals surface area (Å²) in [5.74, 6) is -2.25. The second kappa shape index (κ2) is 8.66. The van der Waals surface area contributed by atoms with Crippen LogP contribution in [0.2, 0.25) is 0 Å². The van der Waals surface area contributed by atoms with Crippen molar-refractivity contribution in [3.63, 3.8) is 0 Å². The van der Waals surface area contributed by atoms with Gasteiger partial charge in [-0.05, 0) is 6.07 Å². The maximum atomic E-state index is 11.2. The van der Waals surface area contributed by atoms with Crippen molar-refractivity contribution in [3.05, 3.63) is 17.7 Å². The summed E-state index contributed by atoms with van der Waals surface area (Å²) in [5.41, 5.74) is 0.443. The second-order valence-corrected chi connectivity index (χ2v) is 4.78. The zero-order valence-corrected chi connectivity index (χ0v) is 13.8. The molecule has 0 saturated heterocycles. The van der Waals surface area contributed by atoms with Crippen molar-refractivity contribution < 1.29 is 38.1 Å². The fraction of sp³-hybridized carbons (Fsp3) is 0.375. The van der Waals surface area contributed by atoms with Crippen LogP contribution < -0.4 is 14.2 Å². The Morgan fingerprint density at radius 2 is 1.17 bits per heavy atom. The lowest BCUT2D eigenvalue weighted by molar-refractivity contribution is -0.141. The predicted octanol–water partition coefficient (Wildman–Crippen LogP) is 1.57. The normalized spacial score (nSPS) is 9.83. The Bertz CT molecular complexity index is 662. The Morgan fingerprint density at radius 3 is 1.62 bits per heavy atom. The summed E-state index contributed by atoms with van der Waals surface area (Å²) < 4.78 is 19.9. The van der Waals surface area contributed by atoms with E-state index in [9.17, 15) is 19.2 Å². The van der Waals surface area contributed by atoms with E-state index in [0.717, 1.165) is 0 Å². The highest BCUT2D eigenvalue weighted by Crippen LogP contribution is 2.36. The summed E-state index contributed by atoms with van der Waals surface area (Å²) in [5, 5.41) is 0. The van der Waals surface area contributed by atoms with E-state index in [4.69, 9.17) is 18.9 Å². The fourth-order valence-corrected chi connectivity index (χ4v) is 1.80. The number of carbonyl (C=O) groups excluding carboxylic acids is 4. The van der Waals surface area contributed by atoms with E-state index in [1.54, 1.807) is 0 Å². The Balaban J connectivity index is 3.24. The maximum Gasteiger partial charge on any atom is 0.308 e. The minimum absolute atomic E-state index is 0.00794. The van der Waals surface area contributed by atoms with Gasteiger partial charge in [0.15, 0.2) is 11.5 Å². The number of esters is 4. The molecule has 8 nitrogen and oxygen atoms in total. The van der Waals surface area contributed by atoms with Gasteiger partial charge in [0.1, 0.15) is 5.75 Å². The first kappa shape index (κ1) is 19.1. The number of benzene rings is 1. The van der Waals surface area contributed by atoms with Gasteiger partial charge >= 0.3 is 23.9 Å². The van der Waals surface area contributed by atoms with Crippen LogP contribution in [-0.2, 0) is 30.3 Å². The van der Waals surface area contributed by atoms with Crippen LogP contribution in [0.4, 0.5) is 0 Å². The average Bonchev–Trinajstić information content (AvgIpc) is 2.40. The van der Waals surface area contributed by atoms with Gasteiger partial charge in [0.05, 0.1) is 6.61 Å². The lowest BCUT2D eigenvalue weighted by Gasteiger charge is -2.14. The molecule has 1 rings (SSSR count). The lowest BCUT2D eigenvalue weighted by atomic mass is 10.1. The molecule has 0 aliphatic rings. The van der Waals surface area contributed by atoms with Gasteiger partial charge < -0.3 is 18.9 Å². The van der Waals surface area contributed by atoms with Crippen molar-refractivity contribution in [3.8, 4) is 17.2 Å². The highest BCUT2D eigenvalue weighted by molar-refractivity contribution is 5.75. The molecular formula is C16H18O8. The van der Waals surface area contributed by atoms with Crippen LogP contribution >= 0.6 is 0 Å². The quantitative estimate of drug-likeness (QED) is 0.568. The first-order valence-corrected chi connectivity index (χ1v) is 7.04. The molecule has 0 aliphatic heterocycles. The minimum Gasteiger partial charge on any atom is -0.466 e. The molecule has 0 aliphatic carbocycles. The SMILES string of the molecule is CC(=O)OCCc1cc(OC(C)=O)c(OC(C)=O)cc1OC(C)=O. The first-order chi connectivity index (χ1) is 11.2. The highest BCUT2D eigenvalue weighted by atomic mass is 16.6. The minimum atomic E-state index is -0.634. The van der Waals surface area contributed by atoms with Crippen molar-refractivity contribution in [2.45, 2.75) is 34.1 Å². The van der Waals surface area contributed by atoms with Gasteiger partial charge in [-0.25, -0.2) is 0 Å². The van der Waals surface area contributed by atoms with Crippen molar-refractivity contribution in [1.29, 1.82) is 0 Å². The van der Waals surface area contributed by atoms with E-state index in [1.165, 1.54) is 39.8 Å². The molecule has 130 valence electrons. The van der Waals surface area contributed by atoms with Crippen LogP contribution in [0.5, 0.6) is 17.2 Å². The molecule has 1 aromatic carbocycles. The van der Waals surface area contributed by atoms with Gasteiger partial charge in [-0.3, -0.25) is 19.2 Å². The average molecular weight is 338 g/mol. The van der Waals surface area contributed by atoms with Gasteiger partial charge in [0, 0.05) is 45.7 Å². The number of hydrogen-bond donors (Lipinski definition) is 0. The Hall–Kier alpha value is -2.90. The number of hydrogen-bond acceptors (Lipinski definition) is 8. The topological polar surface area (TPSA) is 105 Å². The van der Waals surface area contributed by atoms with Gasteiger partial charge in [0.25, 0.3) is 0 Å². The van der Waals surface area contributed by atoms with Crippen LogP contribution in [0, 0.1) is 0 Å². The van der Waals surface area contributed by atoms with Crippen LogP contribution in [0.3, 0.4) is 0 Å². The molecule has 0 amide bonds. The molecule has 0 spiro atoms. The van der Waals surface area contributed by atoms with E-state index >= 15 is 0 Å². The summed E-state index contributed by atoms with van der Waals surface area (Å²) in [6.45, 7) is 4.88. The van der Waals surface area contributed by atoms with Gasteiger partial charge in [-0.15, -0.1) is 0 Å². The second-order valence-electron chi connectivity index (χ2n) is 4.78. The highest BCUT2D eigenvalue weighted by Gasteiger charge is 2.17. The lowest BCUT2D eigenvalue weighted by Crippen LogP contribution is -2.11. The van der Waals surface area contributed by atoms with E-state index in [1.807, 2.05) is 0 Å². The third-order valence-electron chi connectivity index (χ3n) is 2.56. The Kier molecular flexibility index (Phi) is 6.91. The zero-order chi connectivity index (χ0) is 18.3. The van der Waals surface area contributed by atoms with Crippen molar-refractivity contribution >= 4 is 23.9 Å². The molecule has 0 bridgehead atoms. The Morgan fingerprint density at radius 1 is 0.708 bits per heavy atom. The van der Waals surface area contributed by atoms with Crippen molar-refractivity contribution in [2.24, 2.45) is 0 Å². The zero-order valence-electron chi connectivity index (χ0n) is 13.8. The number of carbonyl (C=O) groups is 4. The molecule has 0 unspecified atom stereocenters. The summed E-state index contributed by atoms with van der Waals surface area (Å²) in [6.07, 6.45) is 0.205. The van der Waals surface area contributed by atoms with Crippen LogP contribution in [0.15, 0.2) is 12.1 Å². The summed E-state index contributed by atoms with van der Waals surface area (Å²) in [7, 11) is 0. The summed E-state index contributed by atoms with van der Waals surface area (Å²) in [4.78, 5) is 44.5. The molecule has 0 aromatic heterocycles. The summed E-state index contributed by atoms with van der Waals surface area (Å²) in [6, 6.07) is 2.66. The molecule has 8 heteroatoms. The predicted molar refractivity (Wildman–Crippen MR) is 80.7 cm³/mol. The molecule has 0 heterocycles. The monoisotopic (exact) mass is 338 g/mol. The van der Waals surface area contributed by atoms with Crippen LogP contribution in [0.1, 0.15) is 33.3 Å². The third-order valence-corrected chi connectivity index (χ3v) is 2.56. The van der Waals surface area contributed by atoms with E-state index in [-0.39, 0.29) is 30.3 Å². The largest absolute Gasteiger partial charge is 0.466 e. The molecule has 0 fully saturated rings. The van der Waals surface area contributed by atoms with Gasteiger partial charge in [0.2, 0.25) is 0 Å². The number of ether oxygens (including phenoxy) is 4. The van der Waals surface area contributed by atoms with Crippen molar-refractivity contribution in [1.82, 2.24) is 0 Å². The Labute approximate surface area is 138 Å². The van der Waals surface area contributed by atoms with Crippen LogP contribution in [-0.4, -0.2) is 30.5 Å². The molecule has 0 atom stereocenters. The molecule has 0 radical (unpaired) electrons. The standard InChI is InChI=1S/C16H18O8/c1-9(17)21-6-5-13-7-15(23-11(3)19)16(24-12(4)20)8-14(13)22-10(2)18/h7-8H,5-6H2,1-4H3. The van der Waals surface area contributed by atoms with Gasteiger partial charge in [-0.1, -0.05) is 0 Å².